The lowest BCUT2D eigenvalue weighted by Gasteiger charge is -2.12. The molecule has 5 nitrogen and oxygen atoms in total. The molecule has 1 N–H and O–H groups in total. The van der Waals surface area contributed by atoms with Crippen molar-refractivity contribution in [2.45, 2.75) is 19.4 Å². The van der Waals surface area contributed by atoms with E-state index < -0.39 is 0 Å². The Labute approximate surface area is 121 Å². The van der Waals surface area contributed by atoms with E-state index in [2.05, 4.69) is 10.3 Å². The summed E-state index contributed by atoms with van der Waals surface area (Å²) in [6.07, 6.45) is 0.525. The molecule has 108 valence electrons. The van der Waals surface area contributed by atoms with Crippen molar-refractivity contribution in [1.29, 1.82) is 0 Å². The van der Waals surface area contributed by atoms with Gasteiger partial charge in [-0.15, -0.1) is 11.3 Å². The van der Waals surface area contributed by atoms with Gasteiger partial charge in [0.25, 0.3) is 0 Å². The first-order valence-electron chi connectivity index (χ1n) is 6.45. The van der Waals surface area contributed by atoms with Crippen LogP contribution in [0.1, 0.15) is 11.9 Å². The number of nitrogens with zero attached hydrogens (tertiary/aromatic N) is 1. The zero-order valence-electron chi connectivity index (χ0n) is 11.8. The van der Waals surface area contributed by atoms with Gasteiger partial charge in [0.15, 0.2) is 0 Å². The summed E-state index contributed by atoms with van der Waals surface area (Å²) in [5.74, 6) is 0.539. The maximum Gasteiger partial charge on any atom is 0.323 e. The molecule has 1 unspecified atom stereocenters. The topological polar surface area (TPSA) is 60.5 Å². The molecule has 0 aliphatic rings. The van der Waals surface area contributed by atoms with Crippen LogP contribution in [0.15, 0.2) is 18.2 Å². The number of nitrogens with one attached hydrogen (secondary N) is 1. The van der Waals surface area contributed by atoms with Gasteiger partial charge < -0.3 is 14.8 Å². The molecule has 0 aliphatic heterocycles. The molecule has 0 bridgehead atoms. The average Bonchev–Trinajstić information content (AvgIpc) is 2.86. The summed E-state index contributed by atoms with van der Waals surface area (Å²) < 4.78 is 11.3. The number of fused-ring (bicyclic) bond motifs is 1. The summed E-state index contributed by atoms with van der Waals surface area (Å²) in [7, 11) is 3.38. The Bertz CT molecular complexity index is 597. The first kappa shape index (κ1) is 14.7. The molecule has 2 aromatic rings. The van der Waals surface area contributed by atoms with Crippen LogP contribution in [0.3, 0.4) is 0 Å². The van der Waals surface area contributed by atoms with Crippen LogP contribution in [-0.4, -0.2) is 37.8 Å². The van der Waals surface area contributed by atoms with Gasteiger partial charge >= 0.3 is 5.97 Å². The summed E-state index contributed by atoms with van der Waals surface area (Å²) in [6, 6.07) is 5.42. The minimum Gasteiger partial charge on any atom is -0.497 e. The van der Waals surface area contributed by atoms with Crippen molar-refractivity contribution in [2.24, 2.45) is 0 Å². The van der Waals surface area contributed by atoms with E-state index in [0.29, 0.717) is 13.0 Å². The number of rotatable bonds is 6. The number of carbonyl (C=O) groups is 1. The van der Waals surface area contributed by atoms with E-state index in [1.54, 1.807) is 32.4 Å². The molecule has 1 atom stereocenters. The highest BCUT2D eigenvalue weighted by molar-refractivity contribution is 7.18. The molecular weight excluding hydrogens is 276 g/mol. The standard InChI is InChI=1S/C14H18N2O3S/c1-4-19-14(17)11(15-2)8-13-16-10-7-9(18-3)5-6-12(10)20-13/h5-7,11,15H,4,8H2,1-3H3. The lowest BCUT2D eigenvalue weighted by molar-refractivity contribution is -0.145. The van der Waals surface area contributed by atoms with E-state index in [1.165, 1.54) is 0 Å². The van der Waals surface area contributed by atoms with Gasteiger partial charge in [-0.3, -0.25) is 4.79 Å². The molecule has 0 saturated carbocycles. The summed E-state index contributed by atoms with van der Waals surface area (Å²) in [6.45, 7) is 2.18. The van der Waals surface area contributed by atoms with Gasteiger partial charge in [-0.1, -0.05) is 0 Å². The number of carbonyl (C=O) groups excluding carboxylic acids is 1. The summed E-state index contributed by atoms with van der Waals surface area (Å²) in [4.78, 5) is 16.3. The van der Waals surface area contributed by atoms with Gasteiger partial charge in [0.2, 0.25) is 0 Å². The van der Waals surface area contributed by atoms with Crippen LogP contribution in [-0.2, 0) is 16.0 Å². The summed E-state index contributed by atoms with van der Waals surface area (Å²) in [5.41, 5.74) is 0.892. The van der Waals surface area contributed by atoms with Crippen LogP contribution < -0.4 is 10.1 Å². The quantitative estimate of drug-likeness (QED) is 0.826. The number of benzene rings is 1. The number of likely N-dealkylation sites (N-methyl/N-ethyl adjacent to an activating group) is 1. The van der Waals surface area contributed by atoms with Crippen molar-refractivity contribution >= 4 is 27.5 Å². The fraction of sp³-hybridized carbons (Fsp3) is 0.429. The number of methoxy groups -OCH3 is 1. The van der Waals surface area contributed by atoms with Crippen molar-refractivity contribution in [1.82, 2.24) is 10.3 Å². The third kappa shape index (κ3) is 3.26. The maximum atomic E-state index is 11.8. The zero-order valence-corrected chi connectivity index (χ0v) is 12.6. The molecule has 2 rings (SSSR count). The fourth-order valence-corrected chi connectivity index (χ4v) is 2.88. The Kier molecular flexibility index (Phi) is 4.92. The van der Waals surface area contributed by atoms with E-state index in [4.69, 9.17) is 9.47 Å². The van der Waals surface area contributed by atoms with Crippen LogP contribution in [0.5, 0.6) is 5.75 Å². The predicted molar refractivity (Wildman–Crippen MR) is 79.4 cm³/mol. The highest BCUT2D eigenvalue weighted by atomic mass is 32.1. The zero-order chi connectivity index (χ0) is 14.5. The molecule has 6 heteroatoms. The maximum absolute atomic E-state index is 11.8. The molecule has 0 radical (unpaired) electrons. The second-order valence-electron chi connectivity index (χ2n) is 4.24. The monoisotopic (exact) mass is 294 g/mol. The smallest absolute Gasteiger partial charge is 0.323 e. The lowest BCUT2D eigenvalue weighted by Crippen LogP contribution is -2.37. The predicted octanol–water partition coefficient (Wildman–Crippen LogP) is 2.00. The van der Waals surface area contributed by atoms with Crippen molar-refractivity contribution in [2.75, 3.05) is 20.8 Å². The van der Waals surface area contributed by atoms with Gasteiger partial charge in [-0.25, -0.2) is 4.98 Å². The van der Waals surface area contributed by atoms with E-state index in [1.807, 2.05) is 18.2 Å². The Morgan fingerprint density at radius 2 is 2.30 bits per heavy atom. The van der Waals surface area contributed by atoms with E-state index in [-0.39, 0.29) is 12.0 Å². The first-order valence-corrected chi connectivity index (χ1v) is 7.27. The van der Waals surface area contributed by atoms with E-state index >= 15 is 0 Å². The molecule has 20 heavy (non-hydrogen) atoms. The summed E-state index contributed by atoms with van der Waals surface area (Å²) >= 11 is 1.58. The second-order valence-corrected chi connectivity index (χ2v) is 5.35. The normalized spacial score (nSPS) is 12.3. The molecule has 0 amide bonds. The third-order valence-electron chi connectivity index (χ3n) is 2.94. The van der Waals surface area contributed by atoms with Crippen LogP contribution in [0.2, 0.25) is 0 Å². The molecule has 0 aliphatic carbocycles. The molecule has 0 spiro atoms. The lowest BCUT2D eigenvalue weighted by atomic mass is 10.2. The van der Waals surface area contributed by atoms with Crippen molar-refractivity contribution < 1.29 is 14.3 Å². The highest BCUT2D eigenvalue weighted by Crippen LogP contribution is 2.26. The highest BCUT2D eigenvalue weighted by Gasteiger charge is 2.20. The van der Waals surface area contributed by atoms with Crippen molar-refractivity contribution in [3.05, 3.63) is 23.2 Å². The van der Waals surface area contributed by atoms with Gasteiger partial charge in [0, 0.05) is 12.5 Å². The number of thiazole rings is 1. The second kappa shape index (κ2) is 6.67. The molecule has 1 aromatic heterocycles. The fourth-order valence-electron chi connectivity index (χ4n) is 1.89. The Morgan fingerprint density at radius 3 is 2.95 bits per heavy atom. The Morgan fingerprint density at radius 1 is 1.50 bits per heavy atom. The number of esters is 1. The Hall–Kier alpha value is -1.66. The average molecular weight is 294 g/mol. The van der Waals surface area contributed by atoms with Crippen molar-refractivity contribution in [3.63, 3.8) is 0 Å². The minimum atomic E-state index is -0.364. The summed E-state index contributed by atoms with van der Waals surface area (Å²) in [5, 5.41) is 3.87. The van der Waals surface area contributed by atoms with Gasteiger partial charge in [-0.2, -0.15) is 0 Å². The largest absolute Gasteiger partial charge is 0.497 e. The number of hydrogen-bond donors (Lipinski definition) is 1. The minimum absolute atomic E-state index is 0.244. The SMILES string of the molecule is CCOC(=O)C(Cc1nc2cc(OC)ccc2s1)NC. The van der Waals surface area contributed by atoms with Crippen molar-refractivity contribution in [3.8, 4) is 5.75 Å². The third-order valence-corrected chi connectivity index (χ3v) is 4.00. The molecule has 1 aromatic carbocycles. The van der Waals surface area contributed by atoms with E-state index in [0.717, 1.165) is 21.0 Å². The Balaban J connectivity index is 2.18. The molecule has 0 saturated heterocycles. The van der Waals surface area contributed by atoms with E-state index in [9.17, 15) is 4.79 Å². The van der Waals surface area contributed by atoms with Crippen LogP contribution in [0.4, 0.5) is 0 Å². The molecule has 0 fully saturated rings. The van der Waals surface area contributed by atoms with Crippen LogP contribution >= 0.6 is 11.3 Å². The van der Waals surface area contributed by atoms with Crippen LogP contribution in [0.25, 0.3) is 10.2 Å². The number of hydrogen-bond acceptors (Lipinski definition) is 6. The van der Waals surface area contributed by atoms with Gasteiger partial charge in [-0.05, 0) is 26.1 Å². The first-order chi connectivity index (χ1) is 9.67. The number of ether oxygens (including phenoxy) is 2. The van der Waals surface area contributed by atoms with Crippen LogP contribution in [0, 0.1) is 0 Å². The van der Waals surface area contributed by atoms with Gasteiger partial charge in [0.1, 0.15) is 11.8 Å². The molecular formula is C14H18N2O3S. The molecule has 1 heterocycles. The van der Waals surface area contributed by atoms with Gasteiger partial charge in [0.05, 0.1) is 28.9 Å². The number of aromatic nitrogens is 1.